The van der Waals surface area contributed by atoms with Gasteiger partial charge in [0.1, 0.15) is 5.75 Å². The topological polar surface area (TPSA) is 107 Å². The molecule has 1 aliphatic rings. The van der Waals surface area contributed by atoms with E-state index in [4.69, 9.17) is 16.2 Å². The molecule has 0 aliphatic heterocycles. The van der Waals surface area contributed by atoms with Crippen LogP contribution < -0.4 is 21.5 Å². The minimum Gasteiger partial charge on any atom is -0.484 e. The number of primary amides is 1. The first-order valence-corrected chi connectivity index (χ1v) is 6.51. The number of rotatable bonds is 6. The van der Waals surface area contributed by atoms with E-state index in [2.05, 4.69) is 5.32 Å². The lowest BCUT2D eigenvalue weighted by molar-refractivity contribution is -0.121. The average molecular weight is 277 g/mol. The lowest BCUT2D eigenvalue weighted by atomic mass is 9.96. The van der Waals surface area contributed by atoms with Crippen molar-refractivity contribution in [2.45, 2.75) is 25.3 Å². The molecule has 1 unspecified atom stereocenters. The second-order valence-electron chi connectivity index (χ2n) is 5.29. The number of benzene rings is 1. The zero-order chi connectivity index (χ0) is 14.8. The Kier molecular flexibility index (Phi) is 3.94. The van der Waals surface area contributed by atoms with E-state index in [0.29, 0.717) is 11.4 Å². The highest BCUT2D eigenvalue weighted by molar-refractivity contribution is 5.98. The standard InChI is InChI=1S/C14H19N3O3/c1-14(16,9-2-3-9)13(19)17-10-4-6-11(7-5-10)20-8-12(15)18/h4-7,9H,2-3,8,16H2,1H3,(H2,15,18)(H,17,19). The van der Waals surface area contributed by atoms with Crippen molar-refractivity contribution in [3.8, 4) is 5.75 Å². The lowest BCUT2D eigenvalue weighted by Crippen LogP contribution is -2.50. The van der Waals surface area contributed by atoms with E-state index in [1.54, 1.807) is 31.2 Å². The van der Waals surface area contributed by atoms with Gasteiger partial charge in [-0.25, -0.2) is 0 Å². The Balaban J connectivity index is 1.93. The van der Waals surface area contributed by atoms with E-state index in [9.17, 15) is 9.59 Å². The normalized spacial score (nSPS) is 17.1. The second-order valence-corrected chi connectivity index (χ2v) is 5.29. The summed E-state index contributed by atoms with van der Waals surface area (Å²) < 4.78 is 5.13. The summed E-state index contributed by atoms with van der Waals surface area (Å²) in [5.74, 6) is 0.0525. The maximum atomic E-state index is 12.1. The number of nitrogens with two attached hydrogens (primary N) is 2. The Morgan fingerprint density at radius 1 is 1.35 bits per heavy atom. The van der Waals surface area contributed by atoms with Gasteiger partial charge in [-0.15, -0.1) is 0 Å². The van der Waals surface area contributed by atoms with Crippen LogP contribution >= 0.6 is 0 Å². The van der Waals surface area contributed by atoms with Gasteiger partial charge in [0.15, 0.2) is 6.61 Å². The molecule has 0 aromatic heterocycles. The molecule has 1 fully saturated rings. The largest absolute Gasteiger partial charge is 0.484 e. The Morgan fingerprint density at radius 2 is 1.95 bits per heavy atom. The van der Waals surface area contributed by atoms with Crippen LogP contribution in [0, 0.1) is 5.92 Å². The van der Waals surface area contributed by atoms with Crippen LogP contribution in [0.25, 0.3) is 0 Å². The first kappa shape index (κ1) is 14.3. The van der Waals surface area contributed by atoms with Gasteiger partial charge in [0.25, 0.3) is 5.91 Å². The number of carbonyl (C=O) groups excluding carboxylic acids is 2. The fraction of sp³-hybridized carbons (Fsp3) is 0.429. The quantitative estimate of drug-likeness (QED) is 0.708. The summed E-state index contributed by atoms with van der Waals surface area (Å²) in [6.45, 7) is 1.58. The van der Waals surface area contributed by atoms with Crippen LogP contribution in [-0.2, 0) is 9.59 Å². The highest BCUT2D eigenvalue weighted by Gasteiger charge is 2.44. The molecule has 108 valence electrons. The van der Waals surface area contributed by atoms with Crippen molar-refractivity contribution < 1.29 is 14.3 Å². The molecule has 6 heteroatoms. The summed E-state index contributed by atoms with van der Waals surface area (Å²) in [5.41, 5.74) is 10.8. The molecule has 2 amide bonds. The molecule has 0 radical (unpaired) electrons. The van der Waals surface area contributed by atoms with E-state index < -0.39 is 11.4 Å². The third-order valence-electron chi connectivity index (χ3n) is 3.41. The zero-order valence-corrected chi connectivity index (χ0v) is 11.4. The minimum atomic E-state index is -0.832. The number of nitrogens with one attached hydrogen (secondary N) is 1. The van der Waals surface area contributed by atoms with Gasteiger partial charge in [-0.2, -0.15) is 0 Å². The highest BCUT2D eigenvalue weighted by Crippen LogP contribution is 2.38. The predicted molar refractivity (Wildman–Crippen MR) is 75.1 cm³/mol. The highest BCUT2D eigenvalue weighted by atomic mass is 16.5. The van der Waals surface area contributed by atoms with E-state index in [1.807, 2.05) is 0 Å². The number of hydrogen-bond donors (Lipinski definition) is 3. The van der Waals surface area contributed by atoms with Gasteiger partial charge in [-0.05, 0) is 49.9 Å². The van der Waals surface area contributed by atoms with Crippen LogP contribution in [0.3, 0.4) is 0 Å². The Morgan fingerprint density at radius 3 is 2.45 bits per heavy atom. The maximum Gasteiger partial charge on any atom is 0.255 e. The van der Waals surface area contributed by atoms with Gasteiger partial charge < -0.3 is 21.5 Å². The number of anilines is 1. The first-order chi connectivity index (χ1) is 9.39. The summed E-state index contributed by atoms with van der Waals surface area (Å²) in [6, 6.07) is 6.70. The maximum absolute atomic E-state index is 12.1. The molecule has 6 nitrogen and oxygen atoms in total. The van der Waals surface area contributed by atoms with Crippen LogP contribution in [-0.4, -0.2) is 24.0 Å². The molecule has 0 bridgehead atoms. The SMILES string of the molecule is CC(N)(C(=O)Nc1ccc(OCC(N)=O)cc1)C1CC1. The predicted octanol–water partition coefficient (Wildman–Crippen LogP) is 0.617. The van der Waals surface area contributed by atoms with Gasteiger partial charge in [-0.1, -0.05) is 0 Å². The summed E-state index contributed by atoms with van der Waals surface area (Å²) >= 11 is 0. The number of carbonyl (C=O) groups is 2. The summed E-state index contributed by atoms with van der Waals surface area (Å²) in [5, 5.41) is 2.78. The van der Waals surface area contributed by atoms with Crippen molar-refractivity contribution in [1.82, 2.24) is 0 Å². The molecule has 20 heavy (non-hydrogen) atoms. The van der Waals surface area contributed by atoms with Crippen molar-refractivity contribution in [1.29, 1.82) is 0 Å². The Bertz CT molecular complexity index is 507. The van der Waals surface area contributed by atoms with Crippen LogP contribution in [0.15, 0.2) is 24.3 Å². The van der Waals surface area contributed by atoms with E-state index in [0.717, 1.165) is 12.8 Å². The second kappa shape index (κ2) is 5.50. The summed E-state index contributed by atoms with van der Waals surface area (Å²) in [6.07, 6.45) is 2.00. The van der Waals surface area contributed by atoms with Gasteiger partial charge >= 0.3 is 0 Å². The first-order valence-electron chi connectivity index (χ1n) is 6.51. The van der Waals surface area contributed by atoms with Crippen LogP contribution in [0.5, 0.6) is 5.75 Å². The molecular formula is C14H19N3O3. The van der Waals surface area contributed by atoms with Gasteiger partial charge in [0, 0.05) is 5.69 Å². The van der Waals surface area contributed by atoms with Gasteiger partial charge in [0.2, 0.25) is 5.91 Å². The van der Waals surface area contributed by atoms with Crippen LogP contribution in [0.2, 0.25) is 0 Å². The van der Waals surface area contributed by atoms with Crippen LogP contribution in [0.4, 0.5) is 5.69 Å². The molecule has 1 aromatic carbocycles. The fourth-order valence-corrected chi connectivity index (χ4v) is 1.92. The van der Waals surface area contributed by atoms with Crippen molar-refractivity contribution in [3.05, 3.63) is 24.3 Å². The molecular weight excluding hydrogens is 258 g/mol. The van der Waals surface area contributed by atoms with Crippen molar-refractivity contribution in [2.75, 3.05) is 11.9 Å². The summed E-state index contributed by atoms with van der Waals surface area (Å²) in [7, 11) is 0. The Labute approximate surface area is 117 Å². The lowest BCUT2D eigenvalue weighted by Gasteiger charge is -2.23. The molecule has 1 saturated carbocycles. The van der Waals surface area contributed by atoms with E-state index in [-0.39, 0.29) is 18.4 Å². The minimum absolute atomic E-state index is 0.172. The summed E-state index contributed by atoms with van der Waals surface area (Å²) in [4.78, 5) is 22.7. The van der Waals surface area contributed by atoms with Crippen LogP contribution in [0.1, 0.15) is 19.8 Å². The molecule has 2 rings (SSSR count). The van der Waals surface area contributed by atoms with Crippen molar-refractivity contribution >= 4 is 17.5 Å². The third kappa shape index (κ3) is 3.48. The monoisotopic (exact) mass is 277 g/mol. The molecule has 1 aliphatic carbocycles. The fourth-order valence-electron chi connectivity index (χ4n) is 1.92. The third-order valence-corrected chi connectivity index (χ3v) is 3.41. The number of ether oxygens (including phenoxy) is 1. The smallest absolute Gasteiger partial charge is 0.255 e. The number of hydrogen-bond acceptors (Lipinski definition) is 4. The molecule has 0 spiro atoms. The molecule has 0 saturated heterocycles. The molecule has 5 N–H and O–H groups in total. The van der Waals surface area contributed by atoms with Crippen molar-refractivity contribution in [3.63, 3.8) is 0 Å². The van der Waals surface area contributed by atoms with E-state index in [1.165, 1.54) is 0 Å². The van der Waals surface area contributed by atoms with Gasteiger partial charge in [-0.3, -0.25) is 9.59 Å². The average Bonchev–Trinajstić information content (AvgIpc) is 3.22. The Hall–Kier alpha value is -2.08. The molecule has 1 aromatic rings. The zero-order valence-electron chi connectivity index (χ0n) is 11.4. The van der Waals surface area contributed by atoms with E-state index >= 15 is 0 Å². The van der Waals surface area contributed by atoms with Crippen molar-refractivity contribution in [2.24, 2.45) is 17.4 Å². The molecule has 1 atom stereocenters. The molecule has 0 heterocycles. The number of amides is 2. The van der Waals surface area contributed by atoms with Gasteiger partial charge in [0.05, 0.1) is 5.54 Å².